The number of hydrogen-bond acceptors (Lipinski definition) is 6. The van der Waals surface area contributed by atoms with Gasteiger partial charge in [-0.1, -0.05) is 6.08 Å². The highest BCUT2D eigenvalue weighted by Crippen LogP contribution is 2.57. The van der Waals surface area contributed by atoms with E-state index in [4.69, 9.17) is 15.2 Å². The number of nitrogens with zero attached hydrogens (tertiary/aromatic N) is 3. The fourth-order valence-electron chi connectivity index (χ4n) is 4.30. The number of fused-ring (bicyclic) bond motifs is 1. The summed E-state index contributed by atoms with van der Waals surface area (Å²) < 4.78 is 10.9. The van der Waals surface area contributed by atoms with Gasteiger partial charge < -0.3 is 15.2 Å². The molecule has 6 heteroatoms. The lowest BCUT2D eigenvalue weighted by molar-refractivity contribution is 0.304. The lowest BCUT2D eigenvalue weighted by atomic mass is 9.56. The van der Waals surface area contributed by atoms with Gasteiger partial charge in [0.25, 0.3) is 0 Å². The number of nitrogens with two attached hydrogens (primary N) is 1. The predicted molar refractivity (Wildman–Crippen MR) is 98.2 cm³/mol. The number of ether oxygens (including phenoxy) is 2. The summed E-state index contributed by atoms with van der Waals surface area (Å²) in [5.41, 5.74) is 6.45. The van der Waals surface area contributed by atoms with E-state index in [1.165, 1.54) is 0 Å². The Balaban J connectivity index is 2.37. The molecule has 0 fully saturated rings. The van der Waals surface area contributed by atoms with E-state index in [1.54, 1.807) is 32.4 Å². The quantitative estimate of drug-likeness (QED) is 0.884. The van der Waals surface area contributed by atoms with E-state index in [9.17, 15) is 15.8 Å². The fourth-order valence-corrected chi connectivity index (χ4v) is 4.30. The average molecular weight is 360 g/mol. The van der Waals surface area contributed by atoms with Crippen LogP contribution < -0.4 is 15.2 Å². The summed E-state index contributed by atoms with van der Waals surface area (Å²) in [7, 11) is 3.11. The maximum absolute atomic E-state index is 10.0. The first-order valence-corrected chi connectivity index (χ1v) is 8.73. The molecule has 0 spiro atoms. The maximum Gasteiger partial charge on any atom is 0.191 e. The normalized spacial score (nSPS) is 23.1. The SMILES string of the molecule is COc1ccc(OC)c([C@@H]2[C@H]3CCCC=C3C(C#N)=C(N)C2(C#N)C#N)c1. The van der Waals surface area contributed by atoms with Crippen LogP contribution in [0.1, 0.15) is 30.7 Å². The third-order valence-corrected chi connectivity index (χ3v) is 5.57. The first-order valence-electron chi connectivity index (χ1n) is 8.73. The molecule has 0 saturated carbocycles. The Morgan fingerprint density at radius 1 is 1.15 bits per heavy atom. The first-order chi connectivity index (χ1) is 13.1. The van der Waals surface area contributed by atoms with Gasteiger partial charge in [0.05, 0.1) is 37.6 Å². The van der Waals surface area contributed by atoms with Crippen molar-refractivity contribution < 1.29 is 9.47 Å². The zero-order chi connectivity index (χ0) is 19.6. The largest absolute Gasteiger partial charge is 0.497 e. The van der Waals surface area contributed by atoms with Crippen molar-refractivity contribution >= 4 is 0 Å². The van der Waals surface area contributed by atoms with Gasteiger partial charge in [-0.3, -0.25) is 0 Å². The third kappa shape index (κ3) is 2.60. The molecule has 0 saturated heterocycles. The van der Waals surface area contributed by atoms with Crippen LogP contribution >= 0.6 is 0 Å². The van der Waals surface area contributed by atoms with Crippen molar-refractivity contribution in [2.75, 3.05) is 14.2 Å². The zero-order valence-corrected chi connectivity index (χ0v) is 15.3. The number of methoxy groups -OCH3 is 2. The van der Waals surface area contributed by atoms with Crippen LogP contribution in [0.3, 0.4) is 0 Å². The van der Waals surface area contributed by atoms with E-state index in [0.717, 1.165) is 24.8 Å². The molecular weight excluding hydrogens is 340 g/mol. The highest BCUT2D eigenvalue weighted by Gasteiger charge is 2.54. The summed E-state index contributed by atoms with van der Waals surface area (Å²) in [6.45, 7) is 0. The van der Waals surface area contributed by atoms with Crippen LogP contribution in [0, 0.1) is 45.3 Å². The van der Waals surface area contributed by atoms with Crippen LogP contribution in [0.2, 0.25) is 0 Å². The number of hydrogen-bond donors (Lipinski definition) is 1. The number of benzene rings is 1. The average Bonchev–Trinajstić information content (AvgIpc) is 2.72. The van der Waals surface area contributed by atoms with Crippen molar-refractivity contribution in [3.05, 3.63) is 46.7 Å². The summed E-state index contributed by atoms with van der Waals surface area (Å²) in [6, 6.07) is 11.7. The van der Waals surface area contributed by atoms with Crippen LogP contribution in [-0.2, 0) is 0 Å². The van der Waals surface area contributed by atoms with Crippen LogP contribution in [0.4, 0.5) is 0 Å². The van der Waals surface area contributed by atoms with Gasteiger partial charge >= 0.3 is 0 Å². The standard InChI is InChI=1S/C21H20N4O2/c1-26-13-7-8-18(27-2)16(9-13)19-15-6-4-3-5-14(15)17(10-22)20(25)21(19,11-23)12-24/h5,7-9,15,19H,3-4,6,25H2,1-2H3/t15-,19-/m0/s1. The van der Waals surface area contributed by atoms with E-state index in [2.05, 4.69) is 18.2 Å². The molecule has 0 amide bonds. The number of nitriles is 3. The predicted octanol–water partition coefficient (Wildman–Crippen LogP) is 3.30. The maximum atomic E-state index is 10.0. The van der Waals surface area contributed by atoms with Crippen molar-refractivity contribution in [1.82, 2.24) is 0 Å². The van der Waals surface area contributed by atoms with Crippen LogP contribution in [0.15, 0.2) is 41.1 Å². The minimum absolute atomic E-state index is 0.0225. The smallest absolute Gasteiger partial charge is 0.191 e. The Hall–Kier alpha value is -3.43. The molecule has 0 unspecified atom stereocenters. The van der Waals surface area contributed by atoms with Crippen LogP contribution in [0.25, 0.3) is 0 Å². The molecule has 136 valence electrons. The molecule has 2 atom stereocenters. The molecule has 0 radical (unpaired) electrons. The fraction of sp³-hybridized carbons (Fsp3) is 0.381. The second kappa shape index (κ2) is 7.06. The van der Waals surface area contributed by atoms with Gasteiger partial charge in [0, 0.05) is 11.5 Å². The van der Waals surface area contributed by atoms with Crippen molar-refractivity contribution in [2.45, 2.75) is 25.2 Å². The van der Waals surface area contributed by atoms with E-state index in [0.29, 0.717) is 17.1 Å². The van der Waals surface area contributed by atoms with Gasteiger partial charge in [-0.25, -0.2) is 0 Å². The van der Waals surface area contributed by atoms with Crippen molar-refractivity contribution in [3.63, 3.8) is 0 Å². The molecular formula is C21H20N4O2. The summed E-state index contributed by atoms with van der Waals surface area (Å²) >= 11 is 0. The number of allylic oxidation sites excluding steroid dienone is 4. The molecule has 6 nitrogen and oxygen atoms in total. The van der Waals surface area contributed by atoms with E-state index in [1.807, 2.05) is 6.08 Å². The molecule has 0 bridgehead atoms. The van der Waals surface area contributed by atoms with Crippen molar-refractivity contribution in [3.8, 4) is 29.7 Å². The van der Waals surface area contributed by atoms with Crippen LogP contribution in [-0.4, -0.2) is 14.2 Å². The molecule has 0 aliphatic heterocycles. The van der Waals surface area contributed by atoms with Gasteiger partial charge in [-0.2, -0.15) is 15.8 Å². The Kier molecular flexibility index (Phi) is 4.80. The topological polar surface area (TPSA) is 116 Å². The molecule has 1 aromatic carbocycles. The van der Waals surface area contributed by atoms with E-state index >= 15 is 0 Å². The molecule has 2 N–H and O–H groups in total. The molecule has 2 aliphatic rings. The first kappa shape index (κ1) is 18.4. The monoisotopic (exact) mass is 360 g/mol. The van der Waals surface area contributed by atoms with Crippen molar-refractivity contribution in [1.29, 1.82) is 15.8 Å². The minimum Gasteiger partial charge on any atom is -0.497 e. The Labute approximate surface area is 158 Å². The summed E-state index contributed by atoms with van der Waals surface area (Å²) in [5, 5.41) is 29.8. The zero-order valence-electron chi connectivity index (χ0n) is 15.3. The highest BCUT2D eigenvalue weighted by molar-refractivity contribution is 5.61. The van der Waals surface area contributed by atoms with Crippen LogP contribution in [0.5, 0.6) is 11.5 Å². The van der Waals surface area contributed by atoms with Gasteiger partial charge in [0.1, 0.15) is 17.6 Å². The molecule has 0 heterocycles. The summed E-state index contributed by atoms with van der Waals surface area (Å²) in [4.78, 5) is 0. The number of rotatable bonds is 3. The Bertz CT molecular complexity index is 942. The van der Waals surface area contributed by atoms with E-state index in [-0.39, 0.29) is 17.2 Å². The molecule has 27 heavy (non-hydrogen) atoms. The Morgan fingerprint density at radius 2 is 1.89 bits per heavy atom. The van der Waals surface area contributed by atoms with Gasteiger partial charge in [0.2, 0.25) is 0 Å². The second-order valence-electron chi connectivity index (χ2n) is 6.71. The summed E-state index contributed by atoms with van der Waals surface area (Å²) in [5.74, 6) is 0.446. The molecule has 1 aromatic rings. The second-order valence-corrected chi connectivity index (χ2v) is 6.71. The molecule has 3 rings (SSSR count). The van der Waals surface area contributed by atoms with Crippen molar-refractivity contribution in [2.24, 2.45) is 17.1 Å². The third-order valence-electron chi connectivity index (χ3n) is 5.57. The summed E-state index contributed by atoms with van der Waals surface area (Å²) in [6.07, 6.45) is 4.54. The lowest BCUT2D eigenvalue weighted by Gasteiger charge is -2.43. The molecule has 2 aliphatic carbocycles. The Morgan fingerprint density at radius 3 is 2.48 bits per heavy atom. The highest BCUT2D eigenvalue weighted by atomic mass is 16.5. The van der Waals surface area contributed by atoms with Gasteiger partial charge in [-0.05, 0) is 49.0 Å². The lowest BCUT2D eigenvalue weighted by Crippen LogP contribution is -2.42. The minimum atomic E-state index is -1.65. The van der Waals surface area contributed by atoms with E-state index < -0.39 is 11.3 Å². The van der Waals surface area contributed by atoms with Gasteiger partial charge in [0.15, 0.2) is 5.41 Å². The van der Waals surface area contributed by atoms with Gasteiger partial charge in [-0.15, -0.1) is 0 Å². The molecule has 0 aromatic heterocycles.